The van der Waals surface area contributed by atoms with E-state index in [2.05, 4.69) is 65.7 Å². The standard InChI is InChI=1S/C17H20N2/c1-14-8-2-4-10-16(14)19-13-7-6-12-18-15-9-3-5-11-17(15)19/h2-5,8-11,18H,6-7,12-13H2,1H3. The summed E-state index contributed by atoms with van der Waals surface area (Å²) in [5.74, 6) is 0. The quantitative estimate of drug-likeness (QED) is 0.812. The van der Waals surface area contributed by atoms with Crippen LogP contribution in [-0.4, -0.2) is 13.1 Å². The summed E-state index contributed by atoms with van der Waals surface area (Å²) < 4.78 is 0. The largest absolute Gasteiger partial charge is 0.383 e. The van der Waals surface area contributed by atoms with Gasteiger partial charge in [-0.15, -0.1) is 0 Å². The molecular weight excluding hydrogens is 232 g/mol. The molecule has 98 valence electrons. The predicted octanol–water partition coefficient (Wildman–Crippen LogP) is 4.34. The number of anilines is 3. The van der Waals surface area contributed by atoms with Gasteiger partial charge in [0.1, 0.15) is 0 Å². The number of benzene rings is 2. The number of hydrogen-bond donors (Lipinski definition) is 1. The van der Waals surface area contributed by atoms with E-state index in [1.54, 1.807) is 0 Å². The lowest BCUT2D eigenvalue weighted by Gasteiger charge is -2.30. The van der Waals surface area contributed by atoms with Crippen LogP contribution in [0.15, 0.2) is 48.5 Å². The van der Waals surface area contributed by atoms with E-state index in [4.69, 9.17) is 0 Å². The van der Waals surface area contributed by atoms with E-state index >= 15 is 0 Å². The van der Waals surface area contributed by atoms with Crippen LogP contribution >= 0.6 is 0 Å². The molecular formula is C17H20N2. The van der Waals surface area contributed by atoms with Gasteiger partial charge >= 0.3 is 0 Å². The Morgan fingerprint density at radius 1 is 0.895 bits per heavy atom. The molecule has 0 saturated carbocycles. The third-order valence-electron chi connectivity index (χ3n) is 3.73. The Bertz CT molecular complexity index is 563. The molecule has 0 fully saturated rings. The molecule has 0 unspecified atom stereocenters. The summed E-state index contributed by atoms with van der Waals surface area (Å²) in [6, 6.07) is 17.2. The first-order valence-electron chi connectivity index (χ1n) is 7.02. The number of aryl methyl sites for hydroxylation is 1. The summed E-state index contributed by atoms with van der Waals surface area (Å²) in [6.45, 7) is 4.34. The van der Waals surface area contributed by atoms with Gasteiger partial charge in [-0.1, -0.05) is 30.3 Å². The van der Waals surface area contributed by atoms with Gasteiger partial charge in [0.05, 0.1) is 11.4 Å². The van der Waals surface area contributed by atoms with Crippen LogP contribution in [0.2, 0.25) is 0 Å². The Labute approximate surface area is 115 Å². The highest BCUT2D eigenvalue weighted by atomic mass is 15.2. The van der Waals surface area contributed by atoms with Crippen molar-refractivity contribution in [1.82, 2.24) is 0 Å². The Morgan fingerprint density at radius 2 is 1.63 bits per heavy atom. The molecule has 0 aliphatic carbocycles. The molecule has 1 N–H and O–H groups in total. The highest BCUT2D eigenvalue weighted by molar-refractivity contribution is 5.77. The zero-order valence-corrected chi connectivity index (χ0v) is 11.4. The molecule has 1 aliphatic heterocycles. The summed E-state index contributed by atoms with van der Waals surface area (Å²) in [5, 5.41) is 3.54. The van der Waals surface area contributed by atoms with Gasteiger partial charge in [0.2, 0.25) is 0 Å². The number of nitrogens with one attached hydrogen (secondary N) is 1. The summed E-state index contributed by atoms with van der Waals surface area (Å²) in [6.07, 6.45) is 2.44. The molecule has 1 heterocycles. The molecule has 2 aromatic carbocycles. The number of rotatable bonds is 1. The minimum absolute atomic E-state index is 1.07. The maximum absolute atomic E-state index is 3.54. The smallest absolute Gasteiger partial charge is 0.0646 e. The normalized spacial score (nSPS) is 15.1. The van der Waals surface area contributed by atoms with Gasteiger partial charge in [-0.05, 0) is 43.5 Å². The lowest BCUT2D eigenvalue weighted by molar-refractivity contribution is 0.746. The van der Waals surface area contributed by atoms with Gasteiger partial charge in [0.25, 0.3) is 0 Å². The van der Waals surface area contributed by atoms with Crippen molar-refractivity contribution in [3.8, 4) is 0 Å². The van der Waals surface area contributed by atoms with Crippen LogP contribution in [0.3, 0.4) is 0 Å². The first kappa shape index (κ1) is 12.1. The number of nitrogens with zero attached hydrogens (tertiary/aromatic N) is 1. The minimum Gasteiger partial charge on any atom is -0.383 e. The van der Waals surface area contributed by atoms with E-state index < -0.39 is 0 Å². The third-order valence-corrected chi connectivity index (χ3v) is 3.73. The fourth-order valence-corrected chi connectivity index (χ4v) is 2.71. The summed E-state index contributed by atoms with van der Waals surface area (Å²) in [5.41, 5.74) is 5.18. The van der Waals surface area contributed by atoms with Crippen LogP contribution in [0.25, 0.3) is 0 Å². The molecule has 0 bridgehead atoms. The fourth-order valence-electron chi connectivity index (χ4n) is 2.71. The fraction of sp³-hybridized carbons (Fsp3) is 0.294. The zero-order chi connectivity index (χ0) is 13.1. The zero-order valence-electron chi connectivity index (χ0n) is 11.4. The first-order valence-corrected chi connectivity index (χ1v) is 7.02. The Hall–Kier alpha value is -1.96. The second-order valence-corrected chi connectivity index (χ2v) is 5.09. The molecule has 0 aromatic heterocycles. The summed E-state index contributed by atoms with van der Waals surface area (Å²) in [7, 11) is 0. The van der Waals surface area contributed by atoms with Crippen LogP contribution in [0, 0.1) is 6.92 Å². The van der Waals surface area contributed by atoms with Crippen molar-refractivity contribution >= 4 is 17.1 Å². The van der Waals surface area contributed by atoms with E-state index in [1.165, 1.54) is 35.5 Å². The van der Waals surface area contributed by atoms with Crippen LogP contribution in [-0.2, 0) is 0 Å². The molecule has 2 heteroatoms. The molecule has 0 radical (unpaired) electrons. The van der Waals surface area contributed by atoms with Gasteiger partial charge < -0.3 is 10.2 Å². The Morgan fingerprint density at radius 3 is 2.47 bits per heavy atom. The van der Waals surface area contributed by atoms with E-state index in [0.717, 1.165) is 13.1 Å². The average Bonchev–Trinajstić information content (AvgIpc) is 2.41. The van der Waals surface area contributed by atoms with Gasteiger partial charge in [0, 0.05) is 18.8 Å². The number of fused-ring (bicyclic) bond motifs is 1. The van der Waals surface area contributed by atoms with Gasteiger partial charge in [-0.25, -0.2) is 0 Å². The summed E-state index contributed by atoms with van der Waals surface area (Å²) >= 11 is 0. The monoisotopic (exact) mass is 252 g/mol. The first-order chi connectivity index (χ1) is 9.36. The molecule has 0 saturated heterocycles. The minimum atomic E-state index is 1.07. The average molecular weight is 252 g/mol. The van der Waals surface area contributed by atoms with Crippen molar-refractivity contribution in [3.63, 3.8) is 0 Å². The van der Waals surface area contributed by atoms with Crippen molar-refractivity contribution < 1.29 is 0 Å². The third kappa shape index (κ3) is 2.43. The Kier molecular flexibility index (Phi) is 3.41. The van der Waals surface area contributed by atoms with Gasteiger partial charge in [-0.3, -0.25) is 0 Å². The summed E-state index contributed by atoms with van der Waals surface area (Å²) in [4.78, 5) is 2.44. The topological polar surface area (TPSA) is 15.3 Å². The van der Waals surface area contributed by atoms with Gasteiger partial charge in [-0.2, -0.15) is 0 Å². The molecule has 2 aromatic rings. The van der Waals surface area contributed by atoms with E-state index in [1.807, 2.05) is 0 Å². The van der Waals surface area contributed by atoms with Crippen LogP contribution in [0.5, 0.6) is 0 Å². The maximum atomic E-state index is 3.54. The predicted molar refractivity (Wildman–Crippen MR) is 82.4 cm³/mol. The lowest BCUT2D eigenvalue weighted by Crippen LogP contribution is -2.23. The van der Waals surface area contributed by atoms with E-state index in [0.29, 0.717) is 0 Å². The SMILES string of the molecule is Cc1ccccc1N1CCCCNc2ccccc21. The lowest BCUT2D eigenvalue weighted by atomic mass is 10.1. The molecule has 0 amide bonds. The van der Waals surface area contributed by atoms with Crippen LogP contribution in [0.1, 0.15) is 18.4 Å². The maximum Gasteiger partial charge on any atom is 0.0646 e. The molecule has 19 heavy (non-hydrogen) atoms. The molecule has 3 rings (SSSR count). The molecule has 1 aliphatic rings. The van der Waals surface area contributed by atoms with Crippen molar-refractivity contribution in [1.29, 1.82) is 0 Å². The van der Waals surface area contributed by atoms with Crippen molar-refractivity contribution in [2.24, 2.45) is 0 Å². The Balaban J connectivity index is 2.08. The van der Waals surface area contributed by atoms with Crippen LogP contribution < -0.4 is 10.2 Å². The highest BCUT2D eigenvalue weighted by Gasteiger charge is 2.16. The van der Waals surface area contributed by atoms with Crippen molar-refractivity contribution in [3.05, 3.63) is 54.1 Å². The molecule has 0 spiro atoms. The second-order valence-electron chi connectivity index (χ2n) is 5.09. The highest BCUT2D eigenvalue weighted by Crippen LogP contribution is 2.34. The van der Waals surface area contributed by atoms with E-state index in [9.17, 15) is 0 Å². The number of hydrogen-bond acceptors (Lipinski definition) is 2. The molecule has 0 atom stereocenters. The van der Waals surface area contributed by atoms with Crippen molar-refractivity contribution in [2.45, 2.75) is 19.8 Å². The van der Waals surface area contributed by atoms with Crippen molar-refractivity contribution in [2.75, 3.05) is 23.3 Å². The van der Waals surface area contributed by atoms with Gasteiger partial charge in [0.15, 0.2) is 0 Å². The number of para-hydroxylation sites is 3. The van der Waals surface area contributed by atoms with E-state index in [-0.39, 0.29) is 0 Å². The van der Waals surface area contributed by atoms with Crippen LogP contribution in [0.4, 0.5) is 17.1 Å². The second kappa shape index (κ2) is 5.35. The molecule has 2 nitrogen and oxygen atoms in total.